The number of ether oxygens (including phenoxy) is 3. The Morgan fingerprint density at radius 1 is 0.857 bits per heavy atom. The SMILES string of the molecule is COc1ccc(-c2oc3cc(OC)cc(OCc4ccccc4)c3c2O)cc1. The Balaban J connectivity index is 1.76. The van der Waals surface area contributed by atoms with Gasteiger partial charge in [0.25, 0.3) is 0 Å². The summed E-state index contributed by atoms with van der Waals surface area (Å²) < 4.78 is 22.5. The van der Waals surface area contributed by atoms with E-state index in [-0.39, 0.29) is 5.75 Å². The molecule has 142 valence electrons. The molecule has 0 aliphatic rings. The Morgan fingerprint density at radius 2 is 1.57 bits per heavy atom. The number of hydrogen-bond donors (Lipinski definition) is 1. The number of methoxy groups -OCH3 is 2. The molecule has 3 aromatic carbocycles. The molecule has 0 bridgehead atoms. The summed E-state index contributed by atoms with van der Waals surface area (Å²) in [5, 5.41) is 11.4. The van der Waals surface area contributed by atoms with Crippen LogP contribution in [0.15, 0.2) is 71.1 Å². The van der Waals surface area contributed by atoms with Crippen LogP contribution in [0.4, 0.5) is 0 Å². The Hall–Kier alpha value is -3.60. The molecule has 0 amide bonds. The van der Waals surface area contributed by atoms with Crippen molar-refractivity contribution >= 4 is 11.0 Å². The van der Waals surface area contributed by atoms with Crippen LogP contribution in [0.5, 0.6) is 23.0 Å². The van der Waals surface area contributed by atoms with E-state index >= 15 is 0 Å². The van der Waals surface area contributed by atoms with Gasteiger partial charge in [0.15, 0.2) is 11.5 Å². The third kappa shape index (κ3) is 3.34. The minimum atomic E-state index is 0.0332. The lowest BCUT2D eigenvalue weighted by Crippen LogP contribution is -1.96. The largest absolute Gasteiger partial charge is 0.504 e. The molecule has 5 heteroatoms. The molecule has 1 aromatic heterocycles. The van der Waals surface area contributed by atoms with Gasteiger partial charge >= 0.3 is 0 Å². The molecule has 1 N–H and O–H groups in total. The average Bonchev–Trinajstić information content (AvgIpc) is 3.09. The number of aromatic hydroxyl groups is 1. The summed E-state index contributed by atoms with van der Waals surface area (Å²) >= 11 is 0. The fourth-order valence-electron chi connectivity index (χ4n) is 3.06. The van der Waals surface area contributed by atoms with Crippen molar-refractivity contribution in [3.8, 4) is 34.3 Å². The lowest BCUT2D eigenvalue weighted by molar-refractivity contribution is 0.306. The number of furan rings is 1. The van der Waals surface area contributed by atoms with Crippen molar-refractivity contribution in [1.82, 2.24) is 0 Å². The van der Waals surface area contributed by atoms with Gasteiger partial charge in [0.1, 0.15) is 34.8 Å². The topological polar surface area (TPSA) is 61.1 Å². The lowest BCUT2D eigenvalue weighted by Gasteiger charge is -2.09. The second kappa shape index (κ2) is 7.56. The zero-order valence-corrected chi connectivity index (χ0v) is 15.6. The summed E-state index contributed by atoms with van der Waals surface area (Å²) in [5.74, 6) is 2.22. The highest BCUT2D eigenvalue weighted by Crippen LogP contribution is 2.45. The van der Waals surface area contributed by atoms with Gasteiger partial charge in [-0.1, -0.05) is 30.3 Å². The molecule has 0 atom stereocenters. The molecule has 28 heavy (non-hydrogen) atoms. The van der Waals surface area contributed by atoms with Crippen molar-refractivity contribution in [3.05, 3.63) is 72.3 Å². The van der Waals surface area contributed by atoms with Crippen LogP contribution in [0.1, 0.15) is 5.56 Å². The highest BCUT2D eigenvalue weighted by molar-refractivity contribution is 5.96. The van der Waals surface area contributed by atoms with Gasteiger partial charge in [0.2, 0.25) is 0 Å². The standard InChI is InChI=1S/C23H20O5/c1-25-17-10-8-16(9-11-17)23-22(24)21-19(12-18(26-2)13-20(21)28-23)27-14-15-6-4-3-5-7-15/h3-13,24H,14H2,1-2H3. The number of benzene rings is 3. The van der Waals surface area contributed by atoms with Gasteiger partial charge in [-0.2, -0.15) is 0 Å². The van der Waals surface area contributed by atoms with E-state index in [0.29, 0.717) is 34.8 Å². The van der Waals surface area contributed by atoms with E-state index in [1.165, 1.54) is 0 Å². The van der Waals surface area contributed by atoms with Gasteiger partial charge in [-0.25, -0.2) is 0 Å². The number of rotatable bonds is 6. The first-order valence-corrected chi connectivity index (χ1v) is 8.84. The van der Waals surface area contributed by atoms with Crippen molar-refractivity contribution in [2.24, 2.45) is 0 Å². The second-order valence-electron chi connectivity index (χ2n) is 6.28. The summed E-state index contributed by atoms with van der Waals surface area (Å²) in [6.07, 6.45) is 0. The van der Waals surface area contributed by atoms with Gasteiger partial charge < -0.3 is 23.7 Å². The molecule has 0 unspecified atom stereocenters. The lowest BCUT2D eigenvalue weighted by atomic mass is 10.1. The van der Waals surface area contributed by atoms with E-state index in [1.54, 1.807) is 26.4 Å². The quantitative estimate of drug-likeness (QED) is 0.488. The number of hydrogen-bond acceptors (Lipinski definition) is 5. The Labute approximate surface area is 162 Å². The van der Waals surface area contributed by atoms with Gasteiger partial charge in [0, 0.05) is 17.7 Å². The Kier molecular flexibility index (Phi) is 4.81. The van der Waals surface area contributed by atoms with Gasteiger partial charge in [-0.3, -0.25) is 0 Å². The summed E-state index contributed by atoms with van der Waals surface area (Å²) in [6.45, 7) is 0.367. The predicted octanol–water partition coefficient (Wildman–Crippen LogP) is 5.40. The Bertz CT molecular complexity index is 1080. The molecule has 0 fully saturated rings. The van der Waals surface area contributed by atoms with Crippen LogP contribution in [0, 0.1) is 0 Å². The Morgan fingerprint density at radius 3 is 2.25 bits per heavy atom. The molecular formula is C23H20O5. The van der Waals surface area contributed by atoms with Crippen LogP contribution in [-0.2, 0) is 6.61 Å². The summed E-state index contributed by atoms with van der Waals surface area (Å²) in [5.41, 5.74) is 2.25. The monoisotopic (exact) mass is 376 g/mol. The molecule has 0 saturated heterocycles. The van der Waals surface area contributed by atoms with Crippen molar-refractivity contribution < 1.29 is 23.7 Å². The van der Waals surface area contributed by atoms with Crippen LogP contribution >= 0.6 is 0 Å². The molecule has 4 aromatic rings. The molecule has 0 aliphatic carbocycles. The van der Waals surface area contributed by atoms with E-state index in [9.17, 15) is 5.11 Å². The molecular weight excluding hydrogens is 356 g/mol. The molecule has 0 aliphatic heterocycles. The number of fused-ring (bicyclic) bond motifs is 1. The molecule has 0 saturated carbocycles. The normalized spacial score (nSPS) is 10.8. The maximum Gasteiger partial charge on any atom is 0.177 e. The van der Waals surface area contributed by atoms with E-state index in [4.69, 9.17) is 18.6 Å². The molecule has 0 radical (unpaired) electrons. The zero-order valence-electron chi connectivity index (χ0n) is 15.6. The zero-order chi connectivity index (χ0) is 19.5. The third-order valence-electron chi connectivity index (χ3n) is 4.53. The first-order chi connectivity index (χ1) is 13.7. The molecule has 4 rings (SSSR count). The van der Waals surface area contributed by atoms with Gasteiger partial charge in [-0.15, -0.1) is 0 Å². The van der Waals surface area contributed by atoms with E-state index in [0.717, 1.165) is 16.9 Å². The highest BCUT2D eigenvalue weighted by atomic mass is 16.5. The van der Waals surface area contributed by atoms with E-state index < -0.39 is 0 Å². The fourth-order valence-corrected chi connectivity index (χ4v) is 3.06. The van der Waals surface area contributed by atoms with Gasteiger partial charge in [0.05, 0.1) is 14.2 Å². The predicted molar refractivity (Wildman–Crippen MR) is 107 cm³/mol. The maximum absolute atomic E-state index is 10.9. The minimum absolute atomic E-state index is 0.0332. The third-order valence-corrected chi connectivity index (χ3v) is 4.53. The van der Waals surface area contributed by atoms with Crippen LogP contribution in [0.25, 0.3) is 22.3 Å². The first kappa shape index (κ1) is 17.8. The average molecular weight is 376 g/mol. The van der Waals surface area contributed by atoms with Gasteiger partial charge in [-0.05, 0) is 29.8 Å². The van der Waals surface area contributed by atoms with E-state index in [1.807, 2.05) is 54.6 Å². The van der Waals surface area contributed by atoms with Crippen molar-refractivity contribution in [2.45, 2.75) is 6.61 Å². The fraction of sp³-hybridized carbons (Fsp3) is 0.130. The molecule has 0 spiro atoms. The van der Waals surface area contributed by atoms with Crippen molar-refractivity contribution in [3.63, 3.8) is 0 Å². The molecule has 1 heterocycles. The van der Waals surface area contributed by atoms with Crippen molar-refractivity contribution in [1.29, 1.82) is 0 Å². The highest BCUT2D eigenvalue weighted by Gasteiger charge is 2.20. The van der Waals surface area contributed by atoms with Crippen LogP contribution in [-0.4, -0.2) is 19.3 Å². The summed E-state index contributed by atoms with van der Waals surface area (Å²) in [4.78, 5) is 0. The van der Waals surface area contributed by atoms with Crippen LogP contribution < -0.4 is 14.2 Å². The first-order valence-electron chi connectivity index (χ1n) is 8.84. The van der Waals surface area contributed by atoms with E-state index in [2.05, 4.69) is 0 Å². The van der Waals surface area contributed by atoms with Crippen LogP contribution in [0.2, 0.25) is 0 Å². The van der Waals surface area contributed by atoms with Crippen molar-refractivity contribution in [2.75, 3.05) is 14.2 Å². The smallest absolute Gasteiger partial charge is 0.177 e. The molecule has 5 nitrogen and oxygen atoms in total. The minimum Gasteiger partial charge on any atom is -0.504 e. The van der Waals surface area contributed by atoms with Crippen LogP contribution in [0.3, 0.4) is 0 Å². The summed E-state index contributed by atoms with van der Waals surface area (Å²) in [6, 6.07) is 20.6. The summed E-state index contributed by atoms with van der Waals surface area (Å²) in [7, 11) is 3.19. The second-order valence-corrected chi connectivity index (χ2v) is 6.28. The maximum atomic E-state index is 10.9.